The molecular formula is C13H18BrFN2O. The molecule has 2 atom stereocenters. The van der Waals surface area contributed by atoms with Gasteiger partial charge in [0.2, 0.25) is 0 Å². The predicted octanol–water partition coefficient (Wildman–Crippen LogP) is 2.66. The lowest BCUT2D eigenvalue weighted by atomic mass is 10.1. The minimum atomic E-state index is -0.250. The van der Waals surface area contributed by atoms with E-state index in [2.05, 4.69) is 15.9 Å². The highest BCUT2D eigenvalue weighted by atomic mass is 79.9. The Hall–Kier alpha value is -0.650. The molecule has 1 heterocycles. The van der Waals surface area contributed by atoms with Crippen LogP contribution in [0.25, 0.3) is 0 Å². The van der Waals surface area contributed by atoms with E-state index in [-0.39, 0.29) is 18.0 Å². The van der Waals surface area contributed by atoms with Crippen molar-refractivity contribution < 1.29 is 9.13 Å². The Bertz CT molecular complexity index is 441. The predicted molar refractivity (Wildman–Crippen MR) is 74.2 cm³/mol. The van der Waals surface area contributed by atoms with Gasteiger partial charge in [0.1, 0.15) is 0 Å². The van der Waals surface area contributed by atoms with Crippen LogP contribution in [0.3, 0.4) is 0 Å². The van der Waals surface area contributed by atoms with Crippen molar-refractivity contribution in [3.8, 4) is 0 Å². The van der Waals surface area contributed by atoms with Crippen molar-refractivity contribution in [2.24, 2.45) is 5.73 Å². The van der Waals surface area contributed by atoms with Crippen molar-refractivity contribution in [3.05, 3.63) is 28.0 Å². The molecule has 1 aromatic rings. The maximum Gasteiger partial charge on any atom is 0.160 e. The quantitative estimate of drug-likeness (QED) is 0.931. The van der Waals surface area contributed by atoms with E-state index in [0.29, 0.717) is 16.7 Å². The highest BCUT2D eigenvalue weighted by Gasteiger charge is 2.29. The summed E-state index contributed by atoms with van der Waals surface area (Å²) in [5, 5.41) is 0. The molecule has 2 rings (SSSR count). The molecule has 0 radical (unpaired) electrons. The maximum absolute atomic E-state index is 14.3. The first-order chi connectivity index (χ1) is 8.56. The molecule has 0 saturated carbocycles. The topological polar surface area (TPSA) is 38.5 Å². The number of anilines is 1. The average Bonchev–Trinajstić information content (AvgIpc) is 2.78. The molecule has 5 heteroatoms. The smallest absolute Gasteiger partial charge is 0.160 e. The third-order valence-electron chi connectivity index (χ3n) is 3.58. The molecule has 1 fully saturated rings. The van der Waals surface area contributed by atoms with Gasteiger partial charge in [-0.25, -0.2) is 4.39 Å². The summed E-state index contributed by atoms with van der Waals surface area (Å²) >= 11 is 3.27. The van der Waals surface area contributed by atoms with Gasteiger partial charge in [0.25, 0.3) is 0 Å². The number of hydrogen-bond donors (Lipinski definition) is 1. The molecule has 2 N–H and O–H groups in total. The minimum Gasteiger partial charge on any atom is -0.376 e. The molecule has 3 nitrogen and oxygen atoms in total. The highest BCUT2D eigenvalue weighted by Crippen LogP contribution is 2.32. The fraction of sp³-hybridized carbons (Fsp3) is 0.538. The number of ether oxygens (including phenoxy) is 1. The van der Waals surface area contributed by atoms with Crippen molar-refractivity contribution in [1.82, 2.24) is 0 Å². The third-order valence-corrected chi connectivity index (χ3v) is 4.43. The summed E-state index contributed by atoms with van der Waals surface area (Å²) in [5.41, 5.74) is 6.92. The minimum absolute atomic E-state index is 0.127. The molecule has 1 aliphatic heterocycles. The third kappa shape index (κ3) is 2.39. The van der Waals surface area contributed by atoms with Crippen LogP contribution < -0.4 is 10.6 Å². The lowest BCUT2D eigenvalue weighted by Gasteiger charge is -2.29. The van der Waals surface area contributed by atoms with Crippen LogP contribution in [-0.2, 0) is 11.3 Å². The van der Waals surface area contributed by atoms with E-state index in [4.69, 9.17) is 10.5 Å². The summed E-state index contributed by atoms with van der Waals surface area (Å²) in [7, 11) is 1.91. The number of benzene rings is 1. The Labute approximate surface area is 115 Å². The Morgan fingerprint density at radius 1 is 1.56 bits per heavy atom. The van der Waals surface area contributed by atoms with Gasteiger partial charge in [0.05, 0.1) is 22.3 Å². The van der Waals surface area contributed by atoms with Gasteiger partial charge in [-0.1, -0.05) is 6.07 Å². The molecule has 2 unspecified atom stereocenters. The van der Waals surface area contributed by atoms with E-state index >= 15 is 0 Å². The monoisotopic (exact) mass is 316 g/mol. The van der Waals surface area contributed by atoms with Crippen LogP contribution in [0.4, 0.5) is 10.1 Å². The van der Waals surface area contributed by atoms with Crippen molar-refractivity contribution in [1.29, 1.82) is 0 Å². The van der Waals surface area contributed by atoms with Gasteiger partial charge in [0, 0.05) is 20.2 Å². The van der Waals surface area contributed by atoms with Crippen molar-refractivity contribution in [2.75, 3.05) is 18.6 Å². The number of halogens is 2. The van der Waals surface area contributed by atoms with Crippen LogP contribution in [0.1, 0.15) is 18.9 Å². The molecule has 1 saturated heterocycles. The first kappa shape index (κ1) is 13.8. The number of nitrogens with two attached hydrogens (primary N) is 1. The van der Waals surface area contributed by atoms with E-state index in [9.17, 15) is 4.39 Å². The van der Waals surface area contributed by atoms with Gasteiger partial charge in [0.15, 0.2) is 5.82 Å². The average molecular weight is 317 g/mol. The van der Waals surface area contributed by atoms with Crippen LogP contribution in [0.2, 0.25) is 0 Å². The summed E-state index contributed by atoms with van der Waals surface area (Å²) in [6.45, 7) is 3.08. The molecule has 0 bridgehead atoms. The van der Waals surface area contributed by atoms with Gasteiger partial charge >= 0.3 is 0 Å². The number of rotatable bonds is 3. The molecule has 0 amide bonds. The largest absolute Gasteiger partial charge is 0.376 e. The van der Waals surface area contributed by atoms with Crippen molar-refractivity contribution >= 4 is 21.6 Å². The van der Waals surface area contributed by atoms with E-state index in [1.807, 2.05) is 24.9 Å². The summed E-state index contributed by atoms with van der Waals surface area (Å²) in [5.74, 6) is -0.250. The molecule has 100 valence electrons. The first-order valence-corrected chi connectivity index (χ1v) is 6.87. The summed E-state index contributed by atoms with van der Waals surface area (Å²) in [6, 6.07) is 3.86. The second-order valence-corrected chi connectivity index (χ2v) is 5.41. The number of nitrogens with zero attached hydrogens (tertiary/aromatic N) is 1. The molecule has 0 aliphatic carbocycles. The van der Waals surface area contributed by atoms with Crippen molar-refractivity contribution in [3.63, 3.8) is 0 Å². The van der Waals surface area contributed by atoms with Gasteiger partial charge in [-0.2, -0.15) is 0 Å². The lowest BCUT2D eigenvalue weighted by molar-refractivity contribution is 0.118. The van der Waals surface area contributed by atoms with Crippen LogP contribution in [-0.4, -0.2) is 25.8 Å². The second-order valence-electron chi connectivity index (χ2n) is 4.62. The van der Waals surface area contributed by atoms with E-state index < -0.39 is 0 Å². The normalized spacial score (nSPS) is 23.4. The zero-order chi connectivity index (χ0) is 13.3. The summed E-state index contributed by atoms with van der Waals surface area (Å²) in [4.78, 5) is 1.96. The Morgan fingerprint density at radius 2 is 2.28 bits per heavy atom. The molecule has 0 spiro atoms. The maximum atomic E-state index is 14.3. The van der Waals surface area contributed by atoms with Gasteiger partial charge in [-0.05, 0) is 40.9 Å². The molecule has 1 aromatic carbocycles. The lowest BCUT2D eigenvalue weighted by Crippen LogP contribution is -2.37. The van der Waals surface area contributed by atoms with Crippen LogP contribution >= 0.6 is 15.9 Å². The molecule has 18 heavy (non-hydrogen) atoms. The van der Waals surface area contributed by atoms with Crippen LogP contribution in [0.15, 0.2) is 16.6 Å². The van der Waals surface area contributed by atoms with E-state index in [1.54, 1.807) is 6.07 Å². The number of likely N-dealkylation sites (N-methyl/N-ethyl adjacent to an activating group) is 1. The van der Waals surface area contributed by atoms with E-state index in [0.717, 1.165) is 18.6 Å². The van der Waals surface area contributed by atoms with Crippen LogP contribution in [0.5, 0.6) is 0 Å². The SMILES string of the molecule is CC1OCCC1N(C)c1ccc(CN)c(Br)c1F. The zero-order valence-corrected chi connectivity index (χ0v) is 12.2. The molecule has 0 aromatic heterocycles. The van der Waals surface area contributed by atoms with E-state index in [1.165, 1.54) is 0 Å². The summed E-state index contributed by atoms with van der Waals surface area (Å²) in [6.07, 6.45) is 1.05. The fourth-order valence-corrected chi connectivity index (χ4v) is 2.91. The number of hydrogen-bond acceptors (Lipinski definition) is 3. The van der Waals surface area contributed by atoms with Gasteiger partial charge in [-0.3, -0.25) is 0 Å². The van der Waals surface area contributed by atoms with Gasteiger partial charge in [-0.15, -0.1) is 0 Å². The Morgan fingerprint density at radius 3 is 2.83 bits per heavy atom. The highest BCUT2D eigenvalue weighted by molar-refractivity contribution is 9.10. The van der Waals surface area contributed by atoms with Gasteiger partial charge < -0.3 is 15.4 Å². The van der Waals surface area contributed by atoms with Crippen LogP contribution in [0, 0.1) is 5.82 Å². The fourth-order valence-electron chi connectivity index (χ4n) is 2.42. The first-order valence-electron chi connectivity index (χ1n) is 6.07. The second kappa shape index (κ2) is 5.55. The molecular weight excluding hydrogens is 299 g/mol. The standard InChI is InChI=1S/C13H18BrFN2O/c1-8-10(5-6-18-8)17(2)11-4-3-9(7-16)12(14)13(11)15/h3-4,8,10H,5-7,16H2,1-2H3. The Balaban J connectivity index is 2.30. The summed E-state index contributed by atoms with van der Waals surface area (Å²) < 4.78 is 20.3. The Kier molecular flexibility index (Phi) is 4.25. The molecule has 1 aliphatic rings. The zero-order valence-electron chi connectivity index (χ0n) is 10.6. The van der Waals surface area contributed by atoms with Crippen molar-refractivity contribution in [2.45, 2.75) is 32.0 Å².